The number of hydrogen-bond donors (Lipinski definition) is 2. The van der Waals surface area contributed by atoms with Gasteiger partial charge in [0.2, 0.25) is 0 Å². The van der Waals surface area contributed by atoms with Crippen LogP contribution >= 0.6 is 11.8 Å². The van der Waals surface area contributed by atoms with Gasteiger partial charge in [0.15, 0.2) is 0 Å². The molecular weight excluding hydrogens is 388 g/mol. The first kappa shape index (κ1) is 19.4. The molecule has 3 aromatic carbocycles. The molecular formula is C26H26N2OS. The zero-order valence-corrected chi connectivity index (χ0v) is 18.3. The molecule has 0 saturated heterocycles. The van der Waals surface area contributed by atoms with Crippen LogP contribution in [0.5, 0.6) is 0 Å². The minimum atomic E-state index is -0.891. The molecule has 2 unspecified atom stereocenters. The van der Waals surface area contributed by atoms with Crippen LogP contribution in [0.25, 0.3) is 22.2 Å². The number of fused-ring (bicyclic) bond motifs is 1. The zero-order chi connectivity index (χ0) is 20.9. The van der Waals surface area contributed by atoms with Gasteiger partial charge in [0.25, 0.3) is 0 Å². The van der Waals surface area contributed by atoms with Gasteiger partial charge in [0, 0.05) is 10.8 Å². The lowest BCUT2D eigenvalue weighted by Gasteiger charge is -2.21. The fourth-order valence-corrected chi connectivity index (χ4v) is 4.77. The van der Waals surface area contributed by atoms with Crippen LogP contribution in [0, 0.1) is 0 Å². The third-order valence-corrected chi connectivity index (χ3v) is 6.83. The van der Waals surface area contributed by atoms with E-state index in [2.05, 4.69) is 59.8 Å². The van der Waals surface area contributed by atoms with E-state index >= 15 is 0 Å². The molecule has 2 N–H and O–H groups in total. The number of nitrogens with zero attached hydrogens (tertiary/aromatic N) is 1. The molecule has 0 aliphatic heterocycles. The monoisotopic (exact) mass is 414 g/mol. The van der Waals surface area contributed by atoms with Crippen LogP contribution in [0.3, 0.4) is 0 Å². The van der Waals surface area contributed by atoms with Gasteiger partial charge in [0.1, 0.15) is 5.82 Å². The topological polar surface area (TPSA) is 48.9 Å². The maximum atomic E-state index is 10.6. The van der Waals surface area contributed by atoms with Gasteiger partial charge in [-0.25, -0.2) is 4.98 Å². The first-order chi connectivity index (χ1) is 14.4. The molecule has 152 valence electrons. The number of rotatable bonds is 5. The summed E-state index contributed by atoms with van der Waals surface area (Å²) in [5.74, 6) is 2.10. The summed E-state index contributed by atoms with van der Waals surface area (Å²) < 4.78 is 0. The van der Waals surface area contributed by atoms with Crippen LogP contribution in [0.4, 0.5) is 0 Å². The van der Waals surface area contributed by atoms with Crippen molar-refractivity contribution in [2.24, 2.45) is 0 Å². The largest absolute Gasteiger partial charge is 0.386 e. The Balaban J connectivity index is 1.44. The summed E-state index contributed by atoms with van der Waals surface area (Å²) in [5.41, 5.74) is 5.64. The molecule has 1 fully saturated rings. The highest BCUT2D eigenvalue weighted by Crippen LogP contribution is 2.54. The van der Waals surface area contributed by atoms with Crippen molar-refractivity contribution in [3.05, 3.63) is 83.7 Å². The average molecular weight is 415 g/mol. The van der Waals surface area contributed by atoms with E-state index in [0.717, 1.165) is 40.0 Å². The minimum absolute atomic E-state index is 0.463. The lowest BCUT2D eigenvalue weighted by molar-refractivity contribution is 0.0792. The summed E-state index contributed by atoms with van der Waals surface area (Å²) >= 11 is 1.78. The van der Waals surface area contributed by atoms with E-state index in [1.165, 1.54) is 10.5 Å². The lowest BCUT2D eigenvalue weighted by atomic mass is 9.89. The maximum absolute atomic E-state index is 10.6. The van der Waals surface area contributed by atoms with Crippen molar-refractivity contribution in [2.75, 3.05) is 6.26 Å². The van der Waals surface area contributed by atoms with E-state index in [1.807, 2.05) is 32.0 Å². The zero-order valence-electron chi connectivity index (χ0n) is 17.5. The first-order valence-corrected chi connectivity index (χ1v) is 11.6. The molecule has 0 bridgehead atoms. The molecule has 1 aliphatic carbocycles. The number of thioether (sulfide) groups is 1. The van der Waals surface area contributed by atoms with E-state index in [-0.39, 0.29) is 0 Å². The van der Waals surface area contributed by atoms with Crippen LogP contribution in [0.1, 0.15) is 49.1 Å². The van der Waals surface area contributed by atoms with E-state index in [0.29, 0.717) is 11.8 Å². The van der Waals surface area contributed by atoms with Gasteiger partial charge in [-0.15, -0.1) is 11.8 Å². The molecule has 0 amide bonds. The third-order valence-electron chi connectivity index (χ3n) is 6.08. The maximum Gasteiger partial charge on any atom is 0.110 e. The fourth-order valence-electron chi connectivity index (χ4n) is 4.36. The Bertz CT molecular complexity index is 1200. The Hall–Kier alpha value is -2.56. The SMILES string of the molecule is CSc1ccc(C2CC2c2nc3ccc(-c4ccccc4C(C)(C)O)cc3[nH]2)cc1. The molecule has 0 radical (unpaired) electrons. The van der Waals surface area contributed by atoms with Crippen LogP contribution in [0.15, 0.2) is 71.6 Å². The second kappa shape index (κ2) is 7.29. The molecule has 3 nitrogen and oxygen atoms in total. The molecule has 1 aromatic heterocycles. The number of H-pyrrole nitrogens is 1. The normalized spacial score (nSPS) is 18.7. The summed E-state index contributed by atoms with van der Waals surface area (Å²) in [4.78, 5) is 9.76. The second-order valence-corrected chi connectivity index (χ2v) is 9.56. The van der Waals surface area contributed by atoms with Crippen molar-refractivity contribution in [1.82, 2.24) is 9.97 Å². The molecule has 1 aliphatic rings. The molecule has 5 rings (SSSR count). The summed E-state index contributed by atoms with van der Waals surface area (Å²) in [5, 5.41) is 10.6. The van der Waals surface area contributed by atoms with Crippen molar-refractivity contribution in [1.29, 1.82) is 0 Å². The van der Waals surface area contributed by atoms with E-state index in [4.69, 9.17) is 4.98 Å². The van der Waals surface area contributed by atoms with Crippen LogP contribution < -0.4 is 0 Å². The Morgan fingerprint density at radius 2 is 1.77 bits per heavy atom. The number of benzene rings is 3. The number of imidazole rings is 1. The average Bonchev–Trinajstić information content (AvgIpc) is 3.44. The van der Waals surface area contributed by atoms with Crippen LogP contribution in [-0.2, 0) is 5.60 Å². The van der Waals surface area contributed by atoms with E-state index in [9.17, 15) is 5.11 Å². The van der Waals surface area contributed by atoms with Gasteiger partial charge in [0.05, 0.1) is 16.6 Å². The Labute approximate surface area is 181 Å². The Morgan fingerprint density at radius 1 is 1.00 bits per heavy atom. The third kappa shape index (κ3) is 3.55. The van der Waals surface area contributed by atoms with Crippen molar-refractivity contribution in [2.45, 2.75) is 42.6 Å². The van der Waals surface area contributed by atoms with Gasteiger partial charge in [-0.3, -0.25) is 0 Å². The predicted molar refractivity (Wildman–Crippen MR) is 125 cm³/mol. The molecule has 0 spiro atoms. The fraction of sp³-hybridized carbons (Fsp3) is 0.269. The van der Waals surface area contributed by atoms with E-state index in [1.54, 1.807) is 11.8 Å². The number of aliphatic hydroxyl groups is 1. The number of aromatic amines is 1. The molecule has 1 heterocycles. The minimum Gasteiger partial charge on any atom is -0.386 e. The summed E-state index contributed by atoms with van der Waals surface area (Å²) in [6.45, 7) is 3.66. The van der Waals surface area contributed by atoms with Crippen molar-refractivity contribution >= 4 is 22.8 Å². The van der Waals surface area contributed by atoms with Gasteiger partial charge in [-0.05, 0) is 79.0 Å². The molecule has 2 atom stereocenters. The van der Waals surface area contributed by atoms with Crippen LogP contribution in [-0.4, -0.2) is 21.3 Å². The molecule has 30 heavy (non-hydrogen) atoms. The van der Waals surface area contributed by atoms with Crippen LogP contribution in [0.2, 0.25) is 0 Å². The summed E-state index contributed by atoms with van der Waals surface area (Å²) in [6, 6.07) is 23.3. The number of aromatic nitrogens is 2. The summed E-state index contributed by atoms with van der Waals surface area (Å²) in [7, 11) is 0. The van der Waals surface area contributed by atoms with Crippen molar-refractivity contribution in [3.63, 3.8) is 0 Å². The highest BCUT2D eigenvalue weighted by atomic mass is 32.2. The van der Waals surface area contributed by atoms with Gasteiger partial charge in [-0.1, -0.05) is 42.5 Å². The van der Waals surface area contributed by atoms with Crippen molar-refractivity contribution < 1.29 is 5.11 Å². The molecule has 1 saturated carbocycles. The predicted octanol–water partition coefficient (Wildman–Crippen LogP) is 6.45. The van der Waals surface area contributed by atoms with Gasteiger partial charge < -0.3 is 10.1 Å². The van der Waals surface area contributed by atoms with Gasteiger partial charge >= 0.3 is 0 Å². The Morgan fingerprint density at radius 3 is 2.50 bits per heavy atom. The lowest BCUT2D eigenvalue weighted by Crippen LogP contribution is -2.16. The van der Waals surface area contributed by atoms with Crippen molar-refractivity contribution in [3.8, 4) is 11.1 Å². The first-order valence-electron chi connectivity index (χ1n) is 10.4. The highest BCUT2D eigenvalue weighted by Gasteiger charge is 2.41. The molecule has 4 aromatic rings. The highest BCUT2D eigenvalue weighted by molar-refractivity contribution is 7.98. The van der Waals surface area contributed by atoms with Gasteiger partial charge in [-0.2, -0.15) is 0 Å². The number of hydrogen-bond acceptors (Lipinski definition) is 3. The second-order valence-electron chi connectivity index (χ2n) is 8.68. The Kier molecular flexibility index (Phi) is 4.72. The standard InChI is InChI=1S/C26H26N2OS/c1-26(2,29)22-7-5-4-6-19(22)17-10-13-23-24(14-17)28-25(27-23)21-15-20(21)16-8-11-18(30-3)12-9-16/h4-14,20-21,29H,15H2,1-3H3,(H,27,28). The van der Waals surface area contributed by atoms with E-state index < -0.39 is 5.60 Å². The summed E-state index contributed by atoms with van der Waals surface area (Å²) in [6.07, 6.45) is 3.25. The molecule has 4 heteroatoms. The quantitative estimate of drug-likeness (QED) is 0.369. The number of nitrogens with one attached hydrogen (secondary N) is 1. The smallest absolute Gasteiger partial charge is 0.110 e.